The summed E-state index contributed by atoms with van der Waals surface area (Å²) >= 11 is 0. The van der Waals surface area contributed by atoms with E-state index in [2.05, 4.69) is 47.0 Å². The van der Waals surface area contributed by atoms with E-state index in [4.69, 9.17) is 14.5 Å². The van der Waals surface area contributed by atoms with Gasteiger partial charge in [-0.15, -0.1) is 0 Å². The highest BCUT2D eigenvalue weighted by atomic mass is 16.6. The molecule has 1 unspecified atom stereocenters. The van der Waals surface area contributed by atoms with Crippen LogP contribution in [0.3, 0.4) is 0 Å². The molecule has 39 heavy (non-hydrogen) atoms. The van der Waals surface area contributed by atoms with Gasteiger partial charge in [0, 0.05) is 25.3 Å². The van der Waals surface area contributed by atoms with Crippen molar-refractivity contribution in [2.24, 2.45) is 5.92 Å². The molecular weight excluding hydrogens is 494 g/mol. The number of anilines is 1. The van der Waals surface area contributed by atoms with E-state index >= 15 is 0 Å². The first-order valence-corrected chi connectivity index (χ1v) is 14.6. The molecule has 1 amide bonds. The minimum atomic E-state index is -1.07. The van der Waals surface area contributed by atoms with Crippen LogP contribution in [0.4, 0.5) is 10.6 Å². The lowest BCUT2D eigenvalue weighted by atomic mass is 9.79. The van der Waals surface area contributed by atoms with Crippen LogP contribution in [0.25, 0.3) is 0 Å². The number of nitrogens with zero attached hydrogens (tertiary/aromatic N) is 1. The van der Waals surface area contributed by atoms with Crippen LogP contribution in [0.1, 0.15) is 80.5 Å². The number of hydrogen-bond donors (Lipinski definition) is 3. The van der Waals surface area contributed by atoms with E-state index < -0.39 is 18.1 Å². The van der Waals surface area contributed by atoms with Gasteiger partial charge in [-0.05, 0) is 93.2 Å². The van der Waals surface area contributed by atoms with Gasteiger partial charge in [0.2, 0.25) is 0 Å². The number of rotatable bonds is 11. The summed E-state index contributed by atoms with van der Waals surface area (Å²) in [5, 5.41) is 15.5. The average molecular weight is 536 g/mol. The predicted octanol–water partition coefficient (Wildman–Crippen LogP) is 5.46. The molecule has 0 saturated heterocycles. The Kier molecular flexibility index (Phi) is 9.35. The van der Waals surface area contributed by atoms with E-state index in [0.717, 1.165) is 75.8 Å². The number of amides is 1. The molecule has 3 N–H and O–H groups in total. The summed E-state index contributed by atoms with van der Waals surface area (Å²) in [6.45, 7) is 1.30. The number of aryl methyl sites for hydroxylation is 2. The number of pyridine rings is 1. The Labute approximate surface area is 230 Å². The van der Waals surface area contributed by atoms with E-state index in [0.29, 0.717) is 18.4 Å². The standard InChI is InChI=1S/C31H41N3O5/c35-30(36)28(34-31(37)39-26-14-10-23(11-15-26)22-5-2-1-3-6-22)16-18-38-27-19-21(20-27)8-12-25-13-9-24-7-4-17-32-29(24)33-25/h1-3,5-6,9,13,21,23,26-28H,4,7-8,10-12,14-20H2,(H,32,33)(H,34,37)(H,35,36)/t21-,23-,26+,27-,28?. The van der Waals surface area contributed by atoms with Gasteiger partial charge in [0.15, 0.2) is 0 Å². The van der Waals surface area contributed by atoms with Crippen molar-refractivity contribution in [1.82, 2.24) is 10.3 Å². The van der Waals surface area contributed by atoms with Gasteiger partial charge in [0.05, 0.1) is 6.10 Å². The first-order chi connectivity index (χ1) is 19.0. The third kappa shape index (κ3) is 7.72. The van der Waals surface area contributed by atoms with E-state index in [1.165, 1.54) is 17.5 Å². The molecule has 210 valence electrons. The lowest BCUT2D eigenvalue weighted by molar-refractivity contribution is -0.140. The van der Waals surface area contributed by atoms with Crippen molar-refractivity contribution in [3.05, 3.63) is 59.3 Å². The maximum Gasteiger partial charge on any atom is 0.408 e. The average Bonchev–Trinajstić information content (AvgIpc) is 2.93. The lowest BCUT2D eigenvalue weighted by Crippen LogP contribution is -2.43. The number of hydrogen-bond acceptors (Lipinski definition) is 6. The Balaban J connectivity index is 0.953. The summed E-state index contributed by atoms with van der Waals surface area (Å²) in [7, 11) is 0. The molecule has 2 aliphatic carbocycles. The first-order valence-electron chi connectivity index (χ1n) is 14.6. The number of carbonyl (C=O) groups is 2. The van der Waals surface area contributed by atoms with Crippen LogP contribution in [-0.2, 0) is 27.1 Å². The summed E-state index contributed by atoms with van der Waals surface area (Å²) in [6.07, 6.45) is 9.36. The zero-order chi connectivity index (χ0) is 27.0. The number of alkyl carbamates (subject to hydrolysis) is 1. The second kappa shape index (κ2) is 13.3. The van der Waals surface area contributed by atoms with Crippen molar-refractivity contribution >= 4 is 17.9 Å². The number of aliphatic carboxylic acids is 1. The van der Waals surface area contributed by atoms with Crippen LogP contribution in [0.2, 0.25) is 0 Å². The number of ether oxygens (including phenoxy) is 2. The van der Waals surface area contributed by atoms with Crippen LogP contribution in [-0.4, -0.2) is 53.6 Å². The second-order valence-corrected chi connectivity index (χ2v) is 11.3. The molecule has 0 spiro atoms. The highest BCUT2D eigenvalue weighted by Crippen LogP contribution is 2.35. The molecule has 1 aliphatic heterocycles. The van der Waals surface area contributed by atoms with Gasteiger partial charge in [-0.25, -0.2) is 14.6 Å². The van der Waals surface area contributed by atoms with Gasteiger partial charge >= 0.3 is 12.1 Å². The van der Waals surface area contributed by atoms with Crippen LogP contribution in [0.15, 0.2) is 42.5 Å². The topological polar surface area (TPSA) is 110 Å². The van der Waals surface area contributed by atoms with Gasteiger partial charge in [-0.2, -0.15) is 0 Å². The van der Waals surface area contributed by atoms with Crippen molar-refractivity contribution in [2.75, 3.05) is 18.5 Å². The largest absolute Gasteiger partial charge is 0.480 e. The minimum absolute atomic E-state index is 0.161. The Morgan fingerprint density at radius 1 is 1.05 bits per heavy atom. The summed E-state index contributed by atoms with van der Waals surface area (Å²) in [5.41, 5.74) is 3.78. The highest BCUT2D eigenvalue weighted by molar-refractivity contribution is 5.79. The monoisotopic (exact) mass is 535 g/mol. The minimum Gasteiger partial charge on any atom is -0.480 e. The molecule has 8 nitrogen and oxygen atoms in total. The number of nitrogens with one attached hydrogen (secondary N) is 2. The van der Waals surface area contributed by atoms with Crippen LogP contribution in [0, 0.1) is 5.92 Å². The Hall–Kier alpha value is -3.13. The molecule has 2 saturated carbocycles. The maximum atomic E-state index is 12.4. The zero-order valence-corrected chi connectivity index (χ0v) is 22.6. The van der Waals surface area contributed by atoms with E-state index in [1.54, 1.807) is 0 Å². The lowest BCUT2D eigenvalue weighted by Gasteiger charge is -2.35. The highest BCUT2D eigenvalue weighted by Gasteiger charge is 2.31. The van der Waals surface area contributed by atoms with Gasteiger partial charge in [-0.1, -0.05) is 36.4 Å². The molecular formula is C31H41N3O5. The molecule has 2 fully saturated rings. The van der Waals surface area contributed by atoms with Crippen molar-refractivity contribution in [3.63, 3.8) is 0 Å². The predicted molar refractivity (Wildman–Crippen MR) is 149 cm³/mol. The SMILES string of the molecule is O=C(NC(CCO[C@H]1C[C@H](CCc2ccc3c(n2)NCCC3)C1)C(=O)O)O[C@H]1CC[C@@H](c2ccccc2)CC1. The molecule has 0 radical (unpaired) electrons. The third-order valence-corrected chi connectivity index (χ3v) is 8.52. The molecule has 2 aromatic rings. The fraction of sp³-hybridized carbons (Fsp3) is 0.581. The normalized spacial score (nSPS) is 24.9. The maximum absolute atomic E-state index is 12.4. The fourth-order valence-corrected chi connectivity index (χ4v) is 6.08. The molecule has 8 heteroatoms. The summed E-state index contributed by atoms with van der Waals surface area (Å²) in [6, 6.07) is 13.8. The van der Waals surface area contributed by atoms with Crippen LogP contribution < -0.4 is 10.6 Å². The summed E-state index contributed by atoms with van der Waals surface area (Å²) in [5.74, 6) is 1.08. The molecule has 1 aromatic heterocycles. The Bertz CT molecular complexity index is 1100. The van der Waals surface area contributed by atoms with Gasteiger partial charge in [0.25, 0.3) is 0 Å². The number of fused-ring (bicyclic) bond motifs is 1. The van der Waals surface area contributed by atoms with Crippen molar-refractivity contribution < 1.29 is 24.2 Å². The number of benzene rings is 1. The number of carboxylic acid groups (broad SMARTS) is 1. The smallest absolute Gasteiger partial charge is 0.408 e. The first kappa shape index (κ1) is 27.4. The Morgan fingerprint density at radius 2 is 1.85 bits per heavy atom. The van der Waals surface area contributed by atoms with E-state index in [1.807, 2.05) is 6.07 Å². The van der Waals surface area contributed by atoms with Gasteiger partial charge in [-0.3, -0.25) is 0 Å². The molecule has 0 bridgehead atoms. The van der Waals surface area contributed by atoms with E-state index in [9.17, 15) is 14.7 Å². The van der Waals surface area contributed by atoms with Crippen molar-refractivity contribution in [1.29, 1.82) is 0 Å². The molecule has 5 rings (SSSR count). The Morgan fingerprint density at radius 3 is 2.62 bits per heavy atom. The number of carboxylic acids is 1. The molecule has 1 atom stereocenters. The quantitative estimate of drug-likeness (QED) is 0.350. The summed E-state index contributed by atoms with van der Waals surface area (Å²) in [4.78, 5) is 28.9. The molecule has 1 aromatic carbocycles. The van der Waals surface area contributed by atoms with Gasteiger partial charge in [0.1, 0.15) is 18.0 Å². The van der Waals surface area contributed by atoms with Crippen molar-refractivity contribution in [3.8, 4) is 0 Å². The van der Waals surface area contributed by atoms with Crippen molar-refractivity contribution in [2.45, 2.75) is 94.8 Å². The van der Waals surface area contributed by atoms with Crippen LogP contribution in [0.5, 0.6) is 0 Å². The number of aromatic nitrogens is 1. The van der Waals surface area contributed by atoms with E-state index in [-0.39, 0.29) is 18.6 Å². The third-order valence-electron chi connectivity index (χ3n) is 8.52. The summed E-state index contributed by atoms with van der Waals surface area (Å²) < 4.78 is 11.5. The fourth-order valence-electron chi connectivity index (χ4n) is 6.08. The number of carbonyl (C=O) groups excluding carboxylic acids is 1. The van der Waals surface area contributed by atoms with Gasteiger partial charge < -0.3 is 25.2 Å². The second-order valence-electron chi connectivity index (χ2n) is 11.3. The molecule has 3 aliphatic rings. The molecule has 2 heterocycles. The zero-order valence-electron chi connectivity index (χ0n) is 22.6. The van der Waals surface area contributed by atoms with Crippen LogP contribution >= 0.6 is 0 Å².